The minimum absolute atomic E-state index is 0.0347. The molecular weight excluding hydrogens is 459 g/mol. The summed E-state index contributed by atoms with van der Waals surface area (Å²) in [5.74, 6) is -0.467. The number of aromatic nitrogens is 2. The molecule has 8 nitrogen and oxygen atoms in total. The van der Waals surface area contributed by atoms with Gasteiger partial charge in [-0.2, -0.15) is 9.29 Å². The van der Waals surface area contributed by atoms with Crippen molar-refractivity contribution in [2.45, 2.75) is 24.3 Å². The average Bonchev–Trinajstić information content (AvgIpc) is 3.27. The van der Waals surface area contributed by atoms with Crippen LogP contribution in [-0.2, 0) is 21.4 Å². The Hall–Kier alpha value is -2.82. The van der Waals surface area contributed by atoms with Crippen LogP contribution >= 0.6 is 11.6 Å². The second-order valence-electron chi connectivity index (χ2n) is 7.34. The van der Waals surface area contributed by atoms with Crippen molar-refractivity contribution in [1.82, 2.24) is 19.8 Å². The molecular formula is C21H20ClFN4O4S. The summed E-state index contributed by atoms with van der Waals surface area (Å²) in [6, 6.07) is 11.8. The molecule has 0 aliphatic carbocycles. The Morgan fingerprint density at radius 1 is 1.16 bits per heavy atom. The molecule has 0 spiro atoms. The molecule has 168 valence electrons. The summed E-state index contributed by atoms with van der Waals surface area (Å²) in [4.78, 5) is 16.8. The average molecular weight is 479 g/mol. The largest absolute Gasteiger partial charge is 0.347 e. The summed E-state index contributed by atoms with van der Waals surface area (Å²) < 4.78 is 45.0. The standard InChI is InChI=1S/C21H20ClFN4O4S/c22-18-4-2-1-3-17(18)20-25-19(31-26-20)13-24-21(28)14-9-11-27(12-10-14)32(29,30)16-7-5-15(23)6-8-16/h1-8,14H,9-13H2,(H,24,28). The third-order valence-electron chi connectivity index (χ3n) is 5.27. The van der Waals surface area contributed by atoms with Gasteiger partial charge in [0.05, 0.1) is 16.5 Å². The van der Waals surface area contributed by atoms with Gasteiger partial charge in [0.2, 0.25) is 27.6 Å². The molecule has 0 unspecified atom stereocenters. The molecule has 1 fully saturated rings. The predicted octanol–water partition coefficient (Wildman–Crippen LogP) is 3.25. The number of hydrogen-bond donors (Lipinski definition) is 1. The number of piperidine rings is 1. The summed E-state index contributed by atoms with van der Waals surface area (Å²) in [5.41, 5.74) is 0.630. The van der Waals surface area contributed by atoms with Gasteiger partial charge in [0.25, 0.3) is 0 Å². The zero-order chi connectivity index (χ0) is 22.7. The monoisotopic (exact) mass is 478 g/mol. The zero-order valence-corrected chi connectivity index (χ0v) is 18.4. The van der Waals surface area contributed by atoms with Crippen molar-refractivity contribution in [2.75, 3.05) is 13.1 Å². The van der Waals surface area contributed by atoms with E-state index in [2.05, 4.69) is 15.5 Å². The van der Waals surface area contributed by atoms with E-state index in [1.807, 2.05) is 6.07 Å². The Balaban J connectivity index is 1.31. The topological polar surface area (TPSA) is 105 Å². The van der Waals surface area contributed by atoms with Gasteiger partial charge in [-0.05, 0) is 49.2 Å². The number of benzene rings is 2. The quantitative estimate of drug-likeness (QED) is 0.583. The van der Waals surface area contributed by atoms with Crippen LogP contribution in [0.3, 0.4) is 0 Å². The number of amides is 1. The van der Waals surface area contributed by atoms with Gasteiger partial charge in [0, 0.05) is 24.6 Å². The molecule has 11 heteroatoms. The van der Waals surface area contributed by atoms with Crippen molar-refractivity contribution in [3.8, 4) is 11.4 Å². The Kier molecular flexibility index (Phi) is 6.54. The van der Waals surface area contributed by atoms with Gasteiger partial charge in [-0.1, -0.05) is 28.9 Å². The van der Waals surface area contributed by atoms with Crippen LogP contribution in [0.15, 0.2) is 57.9 Å². The maximum atomic E-state index is 13.1. The van der Waals surface area contributed by atoms with Crippen molar-refractivity contribution in [2.24, 2.45) is 5.92 Å². The zero-order valence-electron chi connectivity index (χ0n) is 16.9. The number of hydrogen-bond acceptors (Lipinski definition) is 6. The first kappa shape index (κ1) is 22.4. The fourth-order valence-electron chi connectivity index (χ4n) is 3.50. The highest BCUT2D eigenvalue weighted by molar-refractivity contribution is 7.89. The fourth-order valence-corrected chi connectivity index (χ4v) is 5.19. The van der Waals surface area contributed by atoms with Crippen molar-refractivity contribution >= 4 is 27.5 Å². The van der Waals surface area contributed by atoms with Crippen LogP contribution in [0, 0.1) is 11.7 Å². The summed E-state index contributed by atoms with van der Waals surface area (Å²) in [6.07, 6.45) is 0.752. The van der Waals surface area contributed by atoms with Gasteiger partial charge >= 0.3 is 0 Å². The second kappa shape index (κ2) is 9.35. The Morgan fingerprint density at radius 3 is 2.53 bits per heavy atom. The van der Waals surface area contributed by atoms with Crippen LogP contribution in [0.5, 0.6) is 0 Å². The molecule has 0 saturated carbocycles. The Bertz CT molecular complexity index is 1210. The molecule has 1 amide bonds. The van der Waals surface area contributed by atoms with Gasteiger partial charge in [0.15, 0.2) is 0 Å². The van der Waals surface area contributed by atoms with Crippen molar-refractivity contribution in [1.29, 1.82) is 0 Å². The number of nitrogens with zero attached hydrogens (tertiary/aromatic N) is 3. The number of carbonyl (C=O) groups is 1. The van der Waals surface area contributed by atoms with Gasteiger partial charge in [-0.15, -0.1) is 0 Å². The van der Waals surface area contributed by atoms with Crippen LogP contribution < -0.4 is 5.32 Å². The number of nitrogens with one attached hydrogen (secondary N) is 1. The molecule has 1 aliphatic rings. The molecule has 0 bridgehead atoms. The van der Waals surface area contributed by atoms with Crippen LogP contribution in [0.4, 0.5) is 4.39 Å². The van der Waals surface area contributed by atoms with Crippen LogP contribution in [-0.4, -0.2) is 41.9 Å². The molecule has 2 heterocycles. The van der Waals surface area contributed by atoms with Crippen molar-refractivity contribution < 1.29 is 22.1 Å². The van der Waals surface area contributed by atoms with E-state index in [1.54, 1.807) is 18.2 Å². The maximum Gasteiger partial charge on any atom is 0.246 e. The molecule has 2 aromatic carbocycles. The van der Waals surface area contributed by atoms with Gasteiger partial charge < -0.3 is 9.84 Å². The lowest BCUT2D eigenvalue weighted by Crippen LogP contribution is -2.42. The molecule has 0 atom stereocenters. The predicted molar refractivity (Wildman–Crippen MR) is 114 cm³/mol. The summed E-state index contributed by atoms with van der Waals surface area (Å²) in [6.45, 7) is 0.467. The molecule has 1 saturated heterocycles. The lowest BCUT2D eigenvalue weighted by molar-refractivity contribution is -0.126. The maximum absolute atomic E-state index is 13.1. The van der Waals surface area contributed by atoms with Crippen LogP contribution in [0.1, 0.15) is 18.7 Å². The normalized spacial score (nSPS) is 15.6. The Morgan fingerprint density at radius 2 is 1.84 bits per heavy atom. The molecule has 32 heavy (non-hydrogen) atoms. The number of sulfonamides is 1. The van der Waals surface area contributed by atoms with E-state index in [1.165, 1.54) is 16.4 Å². The first-order valence-corrected chi connectivity index (χ1v) is 11.8. The van der Waals surface area contributed by atoms with Gasteiger partial charge in [0.1, 0.15) is 5.82 Å². The van der Waals surface area contributed by atoms with E-state index in [-0.39, 0.29) is 42.2 Å². The highest BCUT2D eigenvalue weighted by atomic mass is 35.5. The van der Waals surface area contributed by atoms with E-state index in [9.17, 15) is 17.6 Å². The lowest BCUT2D eigenvalue weighted by Gasteiger charge is -2.30. The summed E-state index contributed by atoms with van der Waals surface area (Å²) in [7, 11) is -3.72. The van der Waals surface area contributed by atoms with Crippen LogP contribution in [0.25, 0.3) is 11.4 Å². The molecule has 1 N–H and O–H groups in total. The lowest BCUT2D eigenvalue weighted by atomic mass is 9.97. The van der Waals surface area contributed by atoms with Gasteiger partial charge in [-0.25, -0.2) is 12.8 Å². The highest BCUT2D eigenvalue weighted by Gasteiger charge is 2.32. The van der Waals surface area contributed by atoms with E-state index in [0.29, 0.717) is 29.3 Å². The second-order valence-corrected chi connectivity index (χ2v) is 9.69. The molecule has 0 radical (unpaired) electrons. The van der Waals surface area contributed by atoms with Gasteiger partial charge in [-0.3, -0.25) is 4.79 Å². The number of halogens is 2. The number of rotatable bonds is 6. The Labute approximate surface area is 189 Å². The van der Waals surface area contributed by atoms with Crippen LogP contribution in [0.2, 0.25) is 5.02 Å². The summed E-state index contributed by atoms with van der Waals surface area (Å²) in [5, 5.41) is 7.14. The molecule has 1 aliphatic heterocycles. The van der Waals surface area contributed by atoms with E-state index < -0.39 is 15.8 Å². The van der Waals surface area contributed by atoms with Crippen molar-refractivity contribution in [3.05, 3.63) is 65.3 Å². The minimum Gasteiger partial charge on any atom is -0.347 e. The van der Waals surface area contributed by atoms with Crippen molar-refractivity contribution in [3.63, 3.8) is 0 Å². The third-order valence-corrected chi connectivity index (χ3v) is 7.52. The minimum atomic E-state index is -3.72. The first-order chi connectivity index (χ1) is 15.3. The molecule has 4 rings (SSSR count). The third kappa shape index (κ3) is 4.82. The molecule has 3 aromatic rings. The smallest absolute Gasteiger partial charge is 0.246 e. The highest BCUT2D eigenvalue weighted by Crippen LogP contribution is 2.26. The van der Waals surface area contributed by atoms with E-state index >= 15 is 0 Å². The SMILES string of the molecule is O=C(NCc1nc(-c2ccccc2Cl)no1)C1CCN(S(=O)(=O)c2ccc(F)cc2)CC1. The van der Waals surface area contributed by atoms with E-state index in [0.717, 1.165) is 12.1 Å². The fraction of sp³-hybridized carbons (Fsp3) is 0.286. The van der Waals surface area contributed by atoms with E-state index in [4.69, 9.17) is 16.1 Å². The number of carbonyl (C=O) groups excluding carboxylic acids is 1. The molecule has 1 aromatic heterocycles. The first-order valence-electron chi connectivity index (χ1n) is 9.95. The summed E-state index contributed by atoms with van der Waals surface area (Å²) >= 11 is 6.13.